The number of rotatable bonds is 11. The average molecular weight is 424 g/mol. The topological polar surface area (TPSA) is 45.6 Å². The molecule has 31 heavy (non-hydrogen) atoms. The number of carbonyl (C=O) groups excluding carboxylic acids is 2. The van der Waals surface area contributed by atoms with E-state index in [2.05, 4.69) is 24.5 Å². The zero-order chi connectivity index (χ0) is 22.4. The van der Waals surface area contributed by atoms with Crippen molar-refractivity contribution in [1.82, 2.24) is 14.4 Å². The lowest BCUT2D eigenvalue weighted by Gasteiger charge is -2.31. The molecule has 0 spiro atoms. The molecule has 1 aliphatic carbocycles. The van der Waals surface area contributed by atoms with Gasteiger partial charge in [-0.25, -0.2) is 0 Å². The zero-order valence-electron chi connectivity index (χ0n) is 19.5. The molecule has 1 heterocycles. The molecule has 3 rings (SSSR count). The third-order valence-electron chi connectivity index (χ3n) is 6.40. The summed E-state index contributed by atoms with van der Waals surface area (Å²) in [5.74, 6) is -0.0173. The van der Waals surface area contributed by atoms with Crippen molar-refractivity contribution in [2.45, 2.75) is 77.9 Å². The minimum Gasteiger partial charge on any atom is -0.353 e. The zero-order valence-corrected chi connectivity index (χ0v) is 19.5. The van der Waals surface area contributed by atoms with Crippen molar-refractivity contribution in [2.75, 3.05) is 6.54 Å². The number of nitrogens with zero attached hydrogens (tertiary/aromatic N) is 3. The van der Waals surface area contributed by atoms with Crippen molar-refractivity contribution in [3.63, 3.8) is 0 Å². The van der Waals surface area contributed by atoms with Crippen LogP contribution in [0.3, 0.4) is 0 Å². The summed E-state index contributed by atoms with van der Waals surface area (Å²) in [4.78, 5) is 30.4. The van der Waals surface area contributed by atoms with E-state index in [1.54, 1.807) is 4.90 Å². The van der Waals surface area contributed by atoms with Crippen molar-refractivity contribution in [1.29, 1.82) is 0 Å². The number of unbranched alkanes of at least 4 members (excludes halogenated alkanes) is 1. The molecule has 0 saturated heterocycles. The molecule has 2 amide bonds. The molecule has 1 aliphatic rings. The summed E-state index contributed by atoms with van der Waals surface area (Å²) in [6.07, 6.45) is 8.26. The smallest absolute Gasteiger partial charge is 0.254 e. The molecule has 168 valence electrons. The Morgan fingerprint density at radius 1 is 1.13 bits per heavy atom. The van der Waals surface area contributed by atoms with Crippen molar-refractivity contribution in [2.24, 2.45) is 7.05 Å². The number of carbonyl (C=O) groups is 2. The van der Waals surface area contributed by atoms with Gasteiger partial charge in [0, 0.05) is 36.6 Å². The molecule has 0 aliphatic heterocycles. The number of aromatic nitrogens is 1. The summed E-state index contributed by atoms with van der Waals surface area (Å²) in [5.41, 5.74) is 3.03. The fourth-order valence-electron chi connectivity index (χ4n) is 3.89. The normalized spacial score (nSPS) is 14.3. The van der Waals surface area contributed by atoms with Gasteiger partial charge in [-0.1, -0.05) is 32.4 Å². The minimum atomic E-state index is -0.0562. The molecule has 5 nitrogen and oxygen atoms in total. The first kappa shape index (κ1) is 23.1. The lowest BCUT2D eigenvalue weighted by atomic mass is 10.0. The van der Waals surface area contributed by atoms with Crippen LogP contribution < -0.4 is 0 Å². The highest BCUT2D eigenvalue weighted by molar-refractivity contribution is 5.96. The maximum absolute atomic E-state index is 13.3. The molecule has 1 atom stereocenters. The van der Waals surface area contributed by atoms with Gasteiger partial charge in [-0.2, -0.15) is 0 Å². The van der Waals surface area contributed by atoms with Crippen LogP contribution in [0.5, 0.6) is 0 Å². The quantitative estimate of drug-likeness (QED) is 0.521. The van der Waals surface area contributed by atoms with E-state index in [1.807, 2.05) is 55.4 Å². The summed E-state index contributed by atoms with van der Waals surface area (Å²) in [7, 11) is 2.00. The molecule has 1 saturated carbocycles. The van der Waals surface area contributed by atoms with E-state index < -0.39 is 0 Å². The Kier molecular flexibility index (Phi) is 7.94. The molecule has 0 bridgehead atoms. The molecule has 5 heteroatoms. The molecule has 2 aromatic rings. The largest absolute Gasteiger partial charge is 0.353 e. The van der Waals surface area contributed by atoms with Crippen LogP contribution in [0.1, 0.15) is 74.5 Å². The van der Waals surface area contributed by atoms with Crippen LogP contribution in [0.4, 0.5) is 0 Å². The minimum absolute atomic E-state index is 0.00677. The second-order valence-electron chi connectivity index (χ2n) is 8.85. The fourth-order valence-corrected chi connectivity index (χ4v) is 3.89. The Balaban J connectivity index is 1.73. The van der Waals surface area contributed by atoms with E-state index in [0.717, 1.165) is 44.2 Å². The number of amides is 2. The van der Waals surface area contributed by atoms with Crippen molar-refractivity contribution < 1.29 is 9.59 Å². The molecule has 1 aromatic carbocycles. The second-order valence-corrected chi connectivity index (χ2v) is 8.85. The van der Waals surface area contributed by atoms with E-state index in [0.29, 0.717) is 18.2 Å². The first-order chi connectivity index (χ1) is 14.9. The maximum Gasteiger partial charge on any atom is 0.254 e. The predicted octanol–water partition coefficient (Wildman–Crippen LogP) is 4.80. The van der Waals surface area contributed by atoms with Crippen LogP contribution in [0.15, 0.2) is 42.6 Å². The summed E-state index contributed by atoms with van der Waals surface area (Å²) < 4.78 is 2.06. The van der Waals surface area contributed by atoms with Gasteiger partial charge in [-0.3, -0.25) is 9.59 Å². The molecule has 1 unspecified atom stereocenters. The lowest BCUT2D eigenvalue weighted by molar-refractivity contribution is -0.133. The van der Waals surface area contributed by atoms with E-state index in [4.69, 9.17) is 0 Å². The summed E-state index contributed by atoms with van der Waals surface area (Å²) in [6, 6.07) is 12.3. The summed E-state index contributed by atoms with van der Waals surface area (Å²) >= 11 is 0. The maximum atomic E-state index is 13.3. The second kappa shape index (κ2) is 10.7. The van der Waals surface area contributed by atoms with E-state index >= 15 is 0 Å². The molecular formula is C26H37N3O2. The summed E-state index contributed by atoms with van der Waals surface area (Å²) in [6.45, 7) is 7.00. The van der Waals surface area contributed by atoms with E-state index in [-0.39, 0.29) is 24.4 Å². The van der Waals surface area contributed by atoms with Crippen molar-refractivity contribution in [3.8, 4) is 0 Å². The highest BCUT2D eigenvalue weighted by Crippen LogP contribution is 2.29. The Labute approximate surface area is 187 Å². The highest BCUT2D eigenvalue weighted by Gasteiger charge is 2.35. The lowest BCUT2D eigenvalue weighted by Crippen LogP contribution is -2.47. The molecule has 1 fully saturated rings. The van der Waals surface area contributed by atoms with Gasteiger partial charge in [0.1, 0.15) is 6.54 Å². The molecule has 1 aromatic heterocycles. The summed E-state index contributed by atoms with van der Waals surface area (Å²) in [5, 5.41) is 0. The predicted molar refractivity (Wildman–Crippen MR) is 125 cm³/mol. The van der Waals surface area contributed by atoms with Gasteiger partial charge in [0.25, 0.3) is 5.91 Å². The first-order valence-corrected chi connectivity index (χ1v) is 11.7. The number of hydrogen-bond acceptors (Lipinski definition) is 2. The third kappa shape index (κ3) is 5.99. The SMILES string of the molecule is CCCCc1ccc(C(=O)N(CC(=O)N(Cc2cccn2C)C2CC2)C(C)CC)cc1. The van der Waals surface area contributed by atoms with Gasteiger partial charge in [0.2, 0.25) is 5.91 Å². The number of benzene rings is 1. The van der Waals surface area contributed by atoms with Crippen LogP contribution >= 0.6 is 0 Å². The third-order valence-corrected chi connectivity index (χ3v) is 6.40. The Bertz CT molecular complexity index is 867. The van der Waals surface area contributed by atoms with Gasteiger partial charge in [-0.15, -0.1) is 0 Å². The Morgan fingerprint density at radius 3 is 2.39 bits per heavy atom. The van der Waals surface area contributed by atoms with Crippen LogP contribution in [0, 0.1) is 0 Å². The monoisotopic (exact) mass is 423 g/mol. The van der Waals surface area contributed by atoms with Crippen molar-refractivity contribution in [3.05, 3.63) is 59.4 Å². The van der Waals surface area contributed by atoms with Gasteiger partial charge in [-0.05, 0) is 68.9 Å². The number of aryl methyl sites for hydroxylation is 2. The highest BCUT2D eigenvalue weighted by atomic mass is 16.2. The number of hydrogen-bond donors (Lipinski definition) is 0. The molecular weight excluding hydrogens is 386 g/mol. The van der Waals surface area contributed by atoms with Crippen molar-refractivity contribution >= 4 is 11.8 Å². The molecule has 0 radical (unpaired) electrons. The van der Waals surface area contributed by atoms with E-state index in [1.165, 1.54) is 5.56 Å². The van der Waals surface area contributed by atoms with Crippen LogP contribution in [0.25, 0.3) is 0 Å². The van der Waals surface area contributed by atoms with Crippen LogP contribution in [-0.2, 0) is 24.8 Å². The van der Waals surface area contributed by atoms with E-state index in [9.17, 15) is 9.59 Å². The van der Waals surface area contributed by atoms with Gasteiger partial charge < -0.3 is 14.4 Å². The average Bonchev–Trinajstić information content (AvgIpc) is 3.55. The Morgan fingerprint density at radius 2 is 1.84 bits per heavy atom. The van der Waals surface area contributed by atoms with Crippen LogP contribution in [0.2, 0.25) is 0 Å². The fraction of sp³-hybridized carbons (Fsp3) is 0.538. The van der Waals surface area contributed by atoms with Crippen LogP contribution in [-0.4, -0.2) is 44.8 Å². The van der Waals surface area contributed by atoms with Gasteiger partial charge in [0.05, 0.1) is 6.54 Å². The standard InChI is InChI=1S/C26H37N3O2/c1-5-7-9-21-11-13-22(14-12-21)26(31)28(20(3)6-2)19-25(30)29(23-15-16-23)18-24-10-8-17-27(24)4/h8,10-14,17,20,23H,5-7,9,15-16,18-19H2,1-4H3. The molecule has 0 N–H and O–H groups in total. The van der Waals surface area contributed by atoms with Gasteiger partial charge >= 0.3 is 0 Å². The van der Waals surface area contributed by atoms with Gasteiger partial charge in [0.15, 0.2) is 0 Å². The first-order valence-electron chi connectivity index (χ1n) is 11.7. The Hall–Kier alpha value is -2.56.